The molecule has 2 aromatic heterocycles. The Morgan fingerprint density at radius 3 is 2.96 bits per heavy atom. The lowest BCUT2D eigenvalue weighted by atomic mass is 9.92. The highest BCUT2D eigenvalue weighted by atomic mass is 16.4. The molecule has 2 aromatic rings. The quantitative estimate of drug-likeness (QED) is 0.909. The number of H-pyrrole nitrogens is 1. The number of aryl methyl sites for hydroxylation is 2. The maximum Gasteiger partial charge on any atom is 0.223 e. The number of aromatic amines is 1. The number of piperidine rings is 1. The molecule has 0 bridgehead atoms. The normalized spacial score (nSPS) is 18.3. The van der Waals surface area contributed by atoms with Gasteiger partial charge < -0.3 is 9.32 Å². The molecule has 3 heterocycles. The number of hydrogen-bond donors (Lipinski definition) is 1. The average molecular weight is 331 g/mol. The van der Waals surface area contributed by atoms with Crippen LogP contribution >= 0.6 is 0 Å². The van der Waals surface area contributed by atoms with E-state index < -0.39 is 0 Å². The third-order valence-corrected chi connectivity index (χ3v) is 4.58. The molecule has 1 amide bonds. The first kappa shape index (κ1) is 16.7. The third kappa shape index (κ3) is 3.66. The van der Waals surface area contributed by atoms with Crippen LogP contribution in [0.5, 0.6) is 0 Å². The van der Waals surface area contributed by atoms with Gasteiger partial charge >= 0.3 is 0 Å². The minimum absolute atomic E-state index is 0.154. The van der Waals surface area contributed by atoms with E-state index in [2.05, 4.69) is 27.3 Å². The van der Waals surface area contributed by atoms with Crippen molar-refractivity contribution in [1.29, 1.82) is 0 Å². The van der Waals surface area contributed by atoms with Gasteiger partial charge in [0.25, 0.3) is 0 Å². The molecule has 0 saturated carbocycles. The summed E-state index contributed by atoms with van der Waals surface area (Å²) < 4.78 is 5.57. The van der Waals surface area contributed by atoms with Gasteiger partial charge in [-0.1, -0.05) is 13.8 Å². The molecule has 0 radical (unpaired) electrons. The summed E-state index contributed by atoms with van der Waals surface area (Å²) in [6, 6.07) is 0. The van der Waals surface area contributed by atoms with Crippen LogP contribution in [0.15, 0.2) is 10.6 Å². The maximum absolute atomic E-state index is 12.5. The van der Waals surface area contributed by atoms with Gasteiger partial charge in [0.15, 0.2) is 0 Å². The standard InChI is InChI=1S/C17H25N5O2/c1-11(2)17-21-19-14(24-17)6-7-15(23)22-8-4-5-13(10-22)16-12(3)9-18-20-16/h9,11,13H,4-8,10H2,1-3H3,(H,18,20)/t13-/m0/s1. The molecule has 0 unspecified atom stereocenters. The average Bonchev–Trinajstić information content (AvgIpc) is 3.21. The van der Waals surface area contributed by atoms with Crippen LogP contribution in [0.25, 0.3) is 0 Å². The van der Waals surface area contributed by atoms with Crippen LogP contribution in [-0.2, 0) is 11.2 Å². The Kier molecular flexibility index (Phi) is 4.97. The van der Waals surface area contributed by atoms with E-state index in [9.17, 15) is 4.79 Å². The van der Waals surface area contributed by atoms with Crippen molar-refractivity contribution in [1.82, 2.24) is 25.3 Å². The number of hydrogen-bond acceptors (Lipinski definition) is 5. The summed E-state index contributed by atoms with van der Waals surface area (Å²) in [6.45, 7) is 7.65. The smallest absolute Gasteiger partial charge is 0.223 e. The van der Waals surface area contributed by atoms with Crippen LogP contribution < -0.4 is 0 Å². The van der Waals surface area contributed by atoms with Crippen molar-refractivity contribution in [2.75, 3.05) is 13.1 Å². The molecule has 1 saturated heterocycles. The van der Waals surface area contributed by atoms with Crippen LogP contribution in [0, 0.1) is 6.92 Å². The zero-order valence-corrected chi connectivity index (χ0v) is 14.6. The van der Waals surface area contributed by atoms with Gasteiger partial charge in [0.1, 0.15) is 0 Å². The Balaban J connectivity index is 1.55. The van der Waals surface area contributed by atoms with Crippen molar-refractivity contribution < 1.29 is 9.21 Å². The molecule has 0 aliphatic carbocycles. The first-order valence-corrected chi connectivity index (χ1v) is 8.64. The summed E-state index contributed by atoms with van der Waals surface area (Å²) in [6.07, 6.45) is 4.87. The van der Waals surface area contributed by atoms with E-state index >= 15 is 0 Å². The van der Waals surface area contributed by atoms with Crippen molar-refractivity contribution in [3.05, 3.63) is 29.2 Å². The van der Waals surface area contributed by atoms with Crippen LogP contribution in [0.1, 0.15) is 68.0 Å². The summed E-state index contributed by atoms with van der Waals surface area (Å²) in [5.74, 6) is 1.89. The zero-order chi connectivity index (χ0) is 17.1. The number of rotatable bonds is 5. The van der Waals surface area contributed by atoms with Gasteiger partial charge in [-0.15, -0.1) is 10.2 Å². The SMILES string of the molecule is Cc1cn[nH]c1[C@H]1CCCN(C(=O)CCc2nnc(C(C)C)o2)C1. The number of carbonyl (C=O) groups excluding carboxylic acids is 1. The summed E-state index contributed by atoms with van der Waals surface area (Å²) in [7, 11) is 0. The molecule has 3 rings (SSSR count). The van der Waals surface area contributed by atoms with Crippen LogP contribution in [0.2, 0.25) is 0 Å². The Bertz CT molecular complexity index is 691. The zero-order valence-electron chi connectivity index (χ0n) is 14.6. The molecule has 7 heteroatoms. The number of amides is 1. The molecule has 1 fully saturated rings. The van der Waals surface area contributed by atoms with Gasteiger partial charge in [0, 0.05) is 43.5 Å². The maximum atomic E-state index is 12.5. The van der Waals surface area contributed by atoms with Crippen molar-refractivity contribution in [3.63, 3.8) is 0 Å². The number of likely N-dealkylation sites (tertiary alicyclic amines) is 1. The topological polar surface area (TPSA) is 87.9 Å². The number of carbonyl (C=O) groups is 1. The Labute approximate surface area is 141 Å². The minimum atomic E-state index is 0.154. The summed E-state index contributed by atoms with van der Waals surface area (Å²) in [4.78, 5) is 14.5. The van der Waals surface area contributed by atoms with E-state index in [1.54, 1.807) is 0 Å². The lowest BCUT2D eigenvalue weighted by Crippen LogP contribution is -2.39. The van der Waals surface area contributed by atoms with E-state index in [1.165, 1.54) is 5.56 Å². The second-order valence-electron chi connectivity index (χ2n) is 6.83. The molecule has 7 nitrogen and oxygen atoms in total. The molecular weight excluding hydrogens is 306 g/mol. The second-order valence-corrected chi connectivity index (χ2v) is 6.83. The van der Waals surface area contributed by atoms with Gasteiger partial charge in [-0.3, -0.25) is 9.89 Å². The number of nitrogens with zero attached hydrogens (tertiary/aromatic N) is 4. The lowest BCUT2D eigenvalue weighted by molar-refractivity contribution is -0.132. The Morgan fingerprint density at radius 2 is 2.29 bits per heavy atom. The molecule has 1 aliphatic heterocycles. The number of nitrogens with one attached hydrogen (secondary N) is 1. The second kappa shape index (κ2) is 7.15. The Hall–Kier alpha value is -2.18. The van der Waals surface area contributed by atoms with Crippen LogP contribution in [0.3, 0.4) is 0 Å². The van der Waals surface area contributed by atoms with Crippen molar-refractivity contribution in [2.24, 2.45) is 0 Å². The molecule has 0 spiro atoms. The fourth-order valence-electron chi connectivity index (χ4n) is 3.18. The first-order valence-electron chi connectivity index (χ1n) is 8.64. The van der Waals surface area contributed by atoms with E-state index in [-0.39, 0.29) is 11.8 Å². The van der Waals surface area contributed by atoms with Gasteiger partial charge in [-0.05, 0) is 25.3 Å². The fourth-order valence-corrected chi connectivity index (χ4v) is 3.18. The molecule has 24 heavy (non-hydrogen) atoms. The largest absolute Gasteiger partial charge is 0.425 e. The summed E-state index contributed by atoms with van der Waals surface area (Å²) in [5, 5.41) is 15.2. The molecular formula is C17H25N5O2. The van der Waals surface area contributed by atoms with E-state index in [0.29, 0.717) is 30.5 Å². The predicted molar refractivity (Wildman–Crippen MR) is 88.6 cm³/mol. The highest BCUT2D eigenvalue weighted by Gasteiger charge is 2.26. The highest BCUT2D eigenvalue weighted by Crippen LogP contribution is 2.27. The van der Waals surface area contributed by atoms with Gasteiger partial charge in [-0.25, -0.2) is 0 Å². The van der Waals surface area contributed by atoms with Crippen molar-refractivity contribution in [3.8, 4) is 0 Å². The van der Waals surface area contributed by atoms with Gasteiger partial charge in [0.05, 0.1) is 6.20 Å². The van der Waals surface area contributed by atoms with Gasteiger partial charge in [-0.2, -0.15) is 5.10 Å². The molecule has 1 N–H and O–H groups in total. The monoisotopic (exact) mass is 331 g/mol. The van der Waals surface area contributed by atoms with Gasteiger partial charge in [0.2, 0.25) is 17.7 Å². The fraction of sp³-hybridized carbons (Fsp3) is 0.647. The highest BCUT2D eigenvalue weighted by molar-refractivity contribution is 5.76. The molecule has 1 atom stereocenters. The van der Waals surface area contributed by atoms with E-state index in [1.807, 2.05) is 24.9 Å². The summed E-state index contributed by atoms with van der Waals surface area (Å²) >= 11 is 0. The predicted octanol–water partition coefficient (Wildman–Crippen LogP) is 2.56. The van der Waals surface area contributed by atoms with Crippen LogP contribution in [0.4, 0.5) is 0 Å². The van der Waals surface area contributed by atoms with Crippen molar-refractivity contribution in [2.45, 2.75) is 58.3 Å². The first-order chi connectivity index (χ1) is 11.5. The molecule has 130 valence electrons. The Morgan fingerprint density at radius 1 is 1.46 bits per heavy atom. The van der Waals surface area contributed by atoms with Crippen LogP contribution in [-0.4, -0.2) is 44.3 Å². The van der Waals surface area contributed by atoms with E-state index in [4.69, 9.17) is 4.42 Å². The van der Waals surface area contributed by atoms with Crippen molar-refractivity contribution >= 4 is 5.91 Å². The molecule has 0 aromatic carbocycles. The van der Waals surface area contributed by atoms with E-state index in [0.717, 1.165) is 31.6 Å². The lowest BCUT2D eigenvalue weighted by Gasteiger charge is -2.32. The number of aromatic nitrogens is 4. The molecule has 1 aliphatic rings. The summed E-state index contributed by atoms with van der Waals surface area (Å²) in [5.41, 5.74) is 2.33. The minimum Gasteiger partial charge on any atom is -0.425 e. The third-order valence-electron chi connectivity index (χ3n) is 4.58.